The maximum Gasteiger partial charge on any atom is 0.253 e. The number of nitrogens with one attached hydrogen (secondary N) is 3. The van der Waals surface area contributed by atoms with E-state index in [1.807, 2.05) is 200 Å². The third-order valence-corrected chi connectivity index (χ3v) is 10.1. The molecule has 6 rings (SSSR count). The molecular formula is C48H51N7O3. The van der Waals surface area contributed by atoms with Crippen LogP contribution >= 0.6 is 0 Å². The van der Waals surface area contributed by atoms with Crippen LogP contribution in [0.5, 0.6) is 0 Å². The third-order valence-electron chi connectivity index (χ3n) is 10.1. The molecule has 0 fully saturated rings. The minimum absolute atomic E-state index is 0.182. The van der Waals surface area contributed by atoms with Crippen molar-refractivity contribution < 1.29 is 14.4 Å². The average molecular weight is 774 g/mol. The Morgan fingerprint density at radius 3 is 0.879 bits per heavy atom. The Hall–Kier alpha value is -6.91. The maximum absolute atomic E-state index is 13.6. The van der Waals surface area contributed by atoms with Crippen molar-refractivity contribution in [3.63, 3.8) is 0 Å². The minimum Gasteiger partial charge on any atom is -0.351 e. The van der Waals surface area contributed by atoms with Gasteiger partial charge in [0.1, 0.15) is 0 Å². The zero-order valence-electron chi connectivity index (χ0n) is 33.3. The lowest BCUT2D eigenvalue weighted by Crippen LogP contribution is -2.43. The third kappa shape index (κ3) is 10.5. The highest BCUT2D eigenvalue weighted by Crippen LogP contribution is 2.29. The molecule has 0 aromatic heterocycles. The molecule has 0 atom stereocenters. The zero-order chi connectivity index (χ0) is 40.7. The minimum atomic E-state index is -0.182. The van der Waals surface area contributed by atoms with Crippen molar-refractivity contribution in [3.8, 4) is 0 Å². The fourth-order valence-electron chi connectivity index (χ4n) is 6.85. The van der Waals surface area contributed by atoms with E-state index in [-0.39, 0.29) is 17.7 Å². The predicted octanol–water partition coefficient (Wildman–Crippen LogP) is 7.88. The number of nitrogens with zero attached hydrogens (tertiary/aromatic N) is 4. The van der Waals surface area contributed by atoms with Gasteiger partial charge in [-0.25, -0.2) is 0 Å². The van der Waals surface area contributed by atoms with E-state index < -0.39 is 0 Å². The van der Waals surface area contributed by atoms with Crippen LogP contribution in [0.25, 0.3) is 0 Å². The predicted molar refractivity (Wildman–Crippen MR) is 236 cm³/mol. The molecule has 0 aliphatic heterocycles. The largest absolute Gasteiger partial charge is 0.351 e. The Morgan fingerprint density at radius 2 is 0.603 bits per heavy atom. The number of benzene rings is 6. The van der Waals surface area contributed by atoms with Crippen molar-refractivity contribution in [3.05, 3.63) is 180 Å². The molecule has 6 aromatic carbocycles. The summed E-state index contributed by atoms with van der Waals surface area (Å²) in [6.45, 7) is 2.57. The van der Waals surface area contributed by atoms with E-state index in [9.17, 15) is 14.4 Å². The first-order valence-electron chi connectivity index (χ1n) is 19.5. The van der Waals surface area contributed by atoms with Gasteiger partial charge >= 0.3 is 0 Å². The normalized spacial score (nSPS) is 10.8. The molecule has 0 spiro atoms. The summed E-state index contributed by atoms with van der Waals surface area (Å²) in [5.41, 5.74) is 7.01. The van der Waals surface area contributed by atoms with Gasteiger partial charge in [-0.1, -0.05) is 91.0 Å². The Labute approximate surface area is 341 Å². The molecule has 0 unspecified atom stereocenters. The molecule has 58 heavy (non-hydrogen) atoms. The lowest BCUT2D eigenvalue weighted by atomic mass is 10.1. The first-order chi connectivity index (χ1) is 28.3. The number of carbonyl (C=O) groups is 3. The van der Waals surface area contributed by atoms with E-state index in [0.29, 0.717) is 56.0 Å². The van der Waals surface area contributed by atoms with E-state index in [4.69, 9.17) is 0 Å². The summed E-state index contributed by atoms with van der Waals surface area (Å²) in [6, 6.07) is 52.4. The Morgan fingerprint density at radius 1 is 0.362 bits per heavy atom. The molecule has 10 nitrogen and oxygen atoms in total. The summed E-state index contributed by atoms with van der Waals surface area (Å²) in [6.07, 6.45) is 0. The number of carbonyl (C=O) groups excluding carboxylic acids is 3. The lowest BCUT2D eigenvalue weighted by Gasteiger charge is -2.25. The SMILES string of the molecule is CN(c1ccccc1)c1ccccc1C(=O)NCCN(CCNC(=O)c1ccccc1N(C)c1ccccc1)CCNC(=O)c1ccccc1N(C)c1ccccc1. The average Bonchev–Trinajstić information content (AvgIpc) is 3.28. The van der Waals surface area contributed by atoms with Crippen LogP contribution in [0.3, 0.4) is 0 Å². The topological polar surface area (TPSA) is 100 Å². The molecule has 0 aliphatic rings. The Balaban J connectivity index is 1.11. The van der Waals surface area contributed by atoms with Gasteiger partial charge in [0.2, 0.25) is 0 Å². The Bertz CT molecular complexity index is 2000. The number of amides is 3. The van der Waals surface area contributed by atoms with E-state index in [2.05, 4.69) is 20.9 Å². The van der Waals surface area contributed by atoms with Crippen LogP contribution in [-0.4, -0.2) is 83.0 Å². The van der Waals surface area contributed by atoms with Gasteiger partial charge in [0.15, 0.2) is 0 Å². The van der Waals surface area contributed by atoms with Gasteiger partial charge in [0, 0.05) is 77.5 Å². The van der Waals surface area contributed by atoms with Crippen LogP contribution in [0.1, 0.15) is 31.1 Å². The zero-order valence-corrected chi connectivity index (χ0v) is 33.3. The van der Waals surface area contributed by atoms with Crippen molar-refractivity contribution in [2.75, 3.05) is 75.1 Å². The van der Waals surface area contributed by atoms with Crippen LogP contribution < -0.4 is 30.7 Å². The molecule has 0 aliphatic carbocycles. The number of anilines is 6. The highest BCUT2D eigenvalue weighted by molar-refractivity contribution is 6.02. The second-order valence-electron chi connectivity index (χ2n) is 13.8. The maximum atomic E-state index is 13.6. The lowest BCUT2D eigenvalue weighted by molar-refractivity contribution is 0.0949. The first kappa shape index (κ1) is 40.7. The number of para-hydroxylation sites is 6. The van der Waals surface area contributed by atoms with Crippen molar-refractivity contribution in [2.45, 2.75) is 0 Å². The molecule has 0 heterocycles. The first-order valence-corrected chi connectivity index (χ1v) is 19.5. The molecule has 6 aromatic rings. The van der Waals surface area contributed by atoms with Crippen LogP contribution in [-0.2, 0) is 0 Å². The molecule has 0 saturated heterocycles. The van der Waals surface area contributed by atoms with Crippen molar-refractivity contribution in [2.24, 2.45) is 0 Å². The molecule has 0 saturated carbocycles. The summed E-state index contributed by atoms with van der Waals surface area (Å²) in [4.78, 5) is 48.9. The molecule has 296 valence electrons. The molecule has 0 bridgehead atoms. The van der Waals surface area contributed by atoms with E-state index in [0.717, 1.165) is 34.1 Å². The summed E-state index contributed by atoms with van der Waals surface area (Å²) in [7, 11) is 5.84. The van der Waals surface area contributed by atoms with Crippen LogP contribution in [0.4, 0.5) is 34.1 Å². The molecular weight excluding hydrogens is 723 g/mol. The fraction of sp³-hybridized carbons (Fsp3) is 0.188. The molecule has 10 heteroatoms. The standard InChI is InChI=1S/C48H51N7O3/c1-52(37-19-7-4-8-20-37)43-28-16-13-25-40(43)46(56)49-31-34-55(35-32-50-47(57)41-26-14-17-29-44(41)53(2)38-21-9-5-10-22-38)36-33-51-48(58)42-27-15-18-30-45(42)54(3)39-23-11-6-12-24-39/h4-30H,31-36H2,1-3H3,(H,49,56)(H,50,57)(H,51,58). The van der Waals surface area contributed by atoms with Gasteiger partial charge < -0.3 is 30.7 Å². The highest BCUT2D eigenvalue weighted by atomic mass is 16.2. The second-order valence-corrected chi connectivity index (χ2v) is 13.8. The summed E-state index contributed by atoms with van der Waals surface area (Å²) < 4.78 is 0. The van der Waals surface area contributed by atoms with Crippen molar-refractivity contribution in [1.29, 1.82) is 0 Å². The van der Waals surface area contributed by atoms with E-state index in [1.54, 1.807) is 0 Å². The quantitative estimate of drug-likeness (QED) is 0.0818. The van der Waals surface area contributed by atoms with Gasteiger partial charge in [-0.05, 0) is 72.8 Å². The van der Waals surface area contributed by atoms with Gasteiger partial charge in [0.25, 0.3) is 17.7 Å². The summed E-state index contributed by atoms with van der Waals surface area (Å²) in [5, 5.41) is 9.31. The number of hydrogen-bond acceptors (Lipinski definition) is 7. The van der Waals surface area contributed by atoms with Gasteiger partial charge in [-0.2, -0.15) is 0 Å². The number of rotatable bonds is 18. The van der Waals surface area contributed by atoms with E-state index in [1.165, 1.54) is 0 Å². The Kier molecular flexibility index (Phi) is 14.3. The van der Waals surface area contributed by atoms with Crippen LogP contribution in [0, 0.1) is 0 Å². The highest BCUT2D eigenvalue weighted by Gasteiger charge is 2.19. The molecule has 3 amide bonds. The summed E-state index contributed by atoms with van der Waals surface area (Å²) >= 11 is 0. The van der Waals surface area contributed by atoms with Crippen molar-refractivity contribution in [1.82, 2.24) is 20.9 Å². The van der Waals surface area contributed by atoms with Gasteiger partial charge in [-0.15, -0.1) is 0 Å². The van der Waals surface area contributed by atoms with Crippen LogP contribution in [0.15, 0.2) is 164 Å². The molecule has 3 N–H and O–H groups in total. The van der Waals surface area contributed by atoms with Gasteiger partial charge in [0.05, 0.1) is 33.8 Å². The number of hydrogen-bond donors (Lipinski definition) is 3. The summed E-state index contributed by atoms with van der Waals surface area (Å²) in [5.74, 6) is -0.547. The second kappa shape index (κ2) is 20.3. The van der Waals surface area contributed by atoms with Crippen LogP contribution in [0.2, 0.25) is 0 Å². The fourth-order valence-corrected chi connectivity index (χ4v) is 6.85. The molecule has 0 radical (unpaired) electrons. The van der Waals surface area contributed by atoms with Gasteiger partial charge in [-0.3, -0.25) is 19.3 Å². The van der Waals surface area contributed by atoms with Crippen molar-refractivity contribution >= 4 is 51.8 Å². The smallest absolute Gasteiger partial charge is 0.253 e. The monoisotopic (exact) mass is 773 g/mol. The van der Waals surface area contributed by atoms with E-state index >= 15 is 0 Å².